The van der Waals surface area contributed by atoms with Crippen molar-refractivity contribution in [3.63, 3.8) is 0 Å². The van der Waals surface area contributed by atoms with E-state index in [-0.39, 0.29) is 30.7 Å². The number of nitrogens with one attached hydrogen (secondary N) is 1. The lowest BCUT2D eigenvalue weighted by molar-refractivity contribution is 0.0322. The van der Waals surface area contributed by atoms with Crippen LogP contribution in [0.3, 0.4) is 0 Å². The van der Waals surface area contributed by atoms with Crippen LogP contribution in [0.25, 0.3) is 0 Å². The van der Waals surface area contributed by atoms with Crippen molar-refractivity contribution in [3.05, 3.63) is 35.4 Å². The third-order valence-electron chi connectivity index (χ3n) is 6.26. The molecule has 0 spiro atoms. The van der Waals surface area contributed by atoms with Gasteiger partial charge in [-0.1, -0.05) is 24.8 Å². The number of aromatic nitrogens is 2. The van der Waals surface area contributed by atoms with E-state index in [1.165, 1.54) is 17.8 Å². The van der Waals surface area contributed by atoms with E-state index in [4.69, 9.17) is 21.4 Å². The summed E-state index contributed by atoms with van der Waals surface area (Å²) in [5.41, 5.74) is 7.58. The first-order valence-electron chi connectivity index (χ1n) is 11.7. The Morgan fingerprint density at radius 3 is 2.79 bits per heavy atom. The zero-order chi connectivity index (χ0) is 24.2. The van der Waals surface area contributed by atoms with Crippen molar-refractivity contribution >= 4 is 29.1 Å². The van der Waals surface area contributed by atoms with Gasteiger partial charge in [0.1, 0.15) is 5.69 Å². The number of nitrogens with zero attached hydrogens (tertiary/aromatic N) is 3. The van der Waals surface area contributed by atoms with Crippen LogP contribution in [-0.2, 0) is 4.74 Å². The van der Waals surface area contributed by atoms with Gasteiger partial charge in [0.15, 0.2) is 28.4 Å². The summed E-state index contributed by atoms with van der Waals surface area (Å²) in [6.45, 7) is 2.39. The monoisotopic (exact) mass is 494 g/mol. The van der Waals surface area contributed by atoms with E-state index in [0.29, 0.717) is 29.1 Å². The van der Waals surface area contributed by atoms with Crippen LogP contribution < -0.4 is 21.9 Å². The van der Waals surface area contributed by atoms with Crippen molar-refractivity contribution in [2.45, 2.75) is 68.3 Å². The van der Waals surface area contributed by atoms with Gasteiger partial charge in [-0.15, -0.1) is 0 Å². The van der Waals surface area contributed by atoms with Gasteiger partial charge < -0.3 is 20.9 Å². The molecule has 0 amide bonds. The highest BCUT2D eigenvalue weighted by atomic mass is 32.2. The zero-order valence-corrected chi connectivity index (χ0v) is 20.0. The number of nitrogen functional groups attached to an aromatic ring is 1. The molecule has 4 rings (SSSR count). The molecule has 8 nitrogen and oxygen atoms in total. The second kappa shape index (κ2) is 11.0. The first-order valence-corrected chi connectivity index (χ1v) is 12.7. The fourth-order valence-corrected chi connectivity index (χ4v) is 5.05. The van der Waals surface area contributed by atoms with Gasteiger partial charge in [-0.25, -0.2) is 24.6 Å². The number of aliphatic hydroxyl groups is 1. The molecule has 186 valence electrons. The van der Waals surface area contributed by atoms with Crippen molar-refractivity contribution < 1.29 is 18.6 Å². The third-order valence-corrected chi connectivity index (χ3v) is 7.32. The highest BCUT2D eigenvalue weighted by Crippen LogP contribution is 2.44. The molecule has 1 heterocycles. The van der Waals surface area contributed by atoms with Gasteiger partial charge in [0, 0.05) is 23.8 Å². The highest BCUT2D eigenvalue weighted by molar-refractivity contribution is 7.99. The van der Waals surface area contributed by atoms with Crippen molar-refractivity contribution in [2.24, 2.45) is 5.84 Å². The molecule has 1 aromatic carbocycles. The molecule has 2 saturated carbocycles. The fourth-order valence-electron chi connectivity index (χ4n) is 4.36. The molecular weight excluding hydrogens is 462 g/mol. The Hall–Kier alpha value is -2.21. The Bertz CT molecular complexity index is 1000. The molecule has 0 aliphatic heterocycles. The van der Waals surface area contributed by atoms with Crippen LogP contribution in [0.5, 0.6) is 0 Å². The number of nitrogens with two attached hydrogens (primary N) is 2. The van der Waals surface area contributed by atoms with Gasteiger partial charge in [0.05, 0.1) is 19.3 Å². The SMILES string of the molecule is CCCSc1nc(N[C@@H]2CC2c2ccc(F)c(F)c2)c(N)c(N(N)C2CCC(OCCO)C2)n1. The summed E-state index contributed by atoms with van der Waals surface area (Å²) in [7, 11) is 0. The Morgan fingerprint density at radius 2 is 2.06 bits per heavy atom. The van der Waals surface area contributed by atoms with E-state index in [1.807, 2.05) is 0 Å². The number of hydrogen-bond acceptors (Lipinski definition) is 9. The first kappa shape index (κ1) is 24.9. The second-order valence-electron chi connectivity index (χ2n) is 8.80. The van der Waals surface area contributed by atoms with Gasteiger partial charge in [-0.2, -0.15) is 0 Å². The number of halogens is 2. The molecular formula is C23H32F2N6O2S. The van der Waals surface area contributed by atoms with Crippen molar-refractivity contribution in [2.75, 3.05) is 35.0 Å². The summed E-state index contributed by atoms with van der Waals surface area (Å²) < 4.78 is 32.6. The minimum atomic E-state index is -0.852. The van der Waals surface area contributed by atoms with Crippen LogP contribution >= 0.6 is 11.8 Å². The molecule has 0 saturated heterocycles. The number of benzene rings is 1. The van der Waals surface area contributed by atoms with E-state index in [0.717, 1.165) is 49.5 Å². The lowest BCUT2D eigenvalue weighted by Gasteiger charge is -2.27. The van der Waals surface area contributed by atoms with E-state index >= 15 is 0 Å². The summed E-state index contributed by atoms with van der Waals surface area (Å²) in [5.74, 6) is 6.67. The quantitative estimate of drug-likeness (QED) is 0.161. The maximum atomic E-state index is 13.7. The predicted molar refractivity (Wildman–Crippen MR) is 130 cm³/mol. The Kier molecular flexibility index (Phi) is 8.07. The summed E-state index contributed by atoms with van der Waals surface area (Å²) in [6, 6.07) is 4.03. The van der Waals surface area contributed by atoms with E-state index in [9.17, 15) is 8.78 Å². The smallest absolute Gasteiger partial charge is 0.191 e. The normalized spacial score (nSPS) is 23.8. The Morgan fingerprint density at radius 1 is 1.24 bits per heavy atom. The maximum Gasteiger partial charge on any atom is 0.191 e. The van der Waals surface area contributed by atoms with Crippen LogP contribution in [0.4, 0.5) is 26.1 Å². The number of thioether (sulfide) groups is 1. The molecule has 1 aromatic heterocycles. The minimum absolute atomic E-state index is 0.00732. The van der Waals surface area contributed by atoms with Crippen LogP contribution in [0.1, 0.15) is 50.5 Å². The molecule has 2 fully saturated rings. The summed E-state index contributed by atoms with van der Waals surface area (Å²) in [6.07, 6.45) is 4.18. The van der Waals surface area contributed by atoms with Crippen molar-refractivity contribution in [3.8, 4) is 0 Å². The lowest BCUT2D eigenvalue weighted by atomic mass is 10.1. The van der Waals surface area contributed by atoms with Gasteiger partial charge >= 0.3 is 0 Å². The number of hydrazine groups is 1. The molecule has 2 aliphatic carbocycles. The van der Waals surface area contributed by atoms with E-state index in [2.05, 4.69) is 22.2 Å². The number of rotatable bonds is 11. The number of anilines is 3. The molecule has 11 heteroatoms. The average Bonchev–Trinajstić information content (AvgIpc) is 3.43. The van der Waals surface area contributed by atoms with Crippen molar-refractivity contribution in [1.29, 1.82) is 0 Å². The fraction of sp³-hybridized carbons (Fsp3) is 0.565. The number of ether oxygens (including phenoxy) is 1. The van der Waals surface area contributed by atoms with Gasteiger partial charge in [-0.3, -0.25) is 5.01 Å². The largest absolute Gasteiger partial charge is 0.394 e. The summed E-state index contributed by atoms with van der Waals surface area (Å²) in [4.78, 5) is 9.27. The second-order valence-corrected chi connectivity index (χ2v) is 9.86. The molecule has 6 N–H and O–H groups in total. The topological polar surface area (TPSA) is 123 Å². The van der Waals surface area contributed by atoms with Gasteiger partial charge in [0.25, 0.3) is 0 Å². The van der Waals surface area contributed by atoms with Gasteiger partial charge in [-0.05, 0) is 49.8 Å². The molecule has 34 heavy (non-hydrogen) atoms. The minimum Gasteiger partial charge on any atom is -0.394 e. The van der Waals surface area contributed by atoms with E-state index in [1.54, 1.807) is 11.1 Å². The standard InChI is InChI=1S/C23H32F2N6O2S/c1-2-9-34-23-29-21(28-19-12-16(19)13-3-6-17(24)18(25)10-13)20(26)22(30-23)31(27)14-4-5-15(11-14)33-8-7-32/h3,6,10,14-16,19,32H,2,4-5,7-9,11-12,26-27H2,1H3,(H,28,29,30)/t14?,15?,16?,19-/m1/s1. The van der Waals surface area contributed by atoms with Crippen LogP contribution in [0.2, 0.25) is 0 Å². The lowest BCUT2D eigenvalue weighted by Crippen LogP contribution is -2.41. The van der Waals surface area contributed by atoms with Gasteiger partial charge in [0.2, 0.25) is 0 Å². The predicted octanol–water partition coefficient (Wildman–Crippen LogP) is 3.42. The summed E-state index contributed by atoms with van der Waals surface area (Å²) >= 11 is 1.53. The number of aliphatic hydroxyl groups excluding tert-OH is 1. The van der Waals surface area contributed by atoms with Crippen molar-refractivity contribution in [1.82, 2.24) is 9.97 Å². The number of hydrogen-bond donors (Lipinski definition) is 4. The Balaban J connectivity index is 1.51. The zero-order valence-electron chi connectivity index (χ0n) is 19.2. The molecule has 3 unspecified atom stereocenters. The Labute approximate surface area is 202 Å². The molecule has 2 aromatic rings. The molecule has 2 aliphatic rings. The summed E-state index contributed by atoms with van der Waals surface area (Å²) in [5, 5.41) is 14.6. The average molecular weight is 495 g/mol. The van der Waals surface area contributed by atoms with E-state index < -0.39 is 11.6 Å². The molecule has 4 atom stereocenters. The first-order chi connectivity index (χ1) is 16.4. The van der Waals surface area contributed by atoms with Crippen LogP contribution in [0.15, 0.2) is 23.4 Å². The maximum absolute atomic E-state index is 13.7. The third kappa shape index (κ3) is 5.70. The van der Waals surface area contributed by atoms with Crippen LogP contribution in [-0.4, -0.2) is 52.2 Å². The van der Waals surface area contributed by atoms with Crippen LogP contribution in [0, 0.1) is 11.6 Å². The molecule has 0 radical (unpaired) electrons. The highest BCUT2D eigenvalue weighted by Gasteiger charge is 2.40. The molecule has 0 bridgehead atoms.